The summed E-state index contributed by atoms with van der Waals surface area (Å²) in [5.41, 5.74) is 4.26. The van der Waals surface area contributed by atoms with E-state index in [0.717, 1.165) is 27.8 Å². The first kappa shape index (κ1) is 18.7. The number of nitrogens with one attached hydrogen (secondary N) is 1. The number of urea groups is 1. The van der Waals surface area contributed by atoms with Gasteiger partial charge in [0.25, 0.3) is 0 Å². The highest BCUT2D eigenvalue weighted by Crippen LogP contribution is 2.35. The molecule has 28 heavy (non-hydrogen) atoms. The zero-order valence-electron chi connectivity index (χ0n) is 14.8. The van der Waals surface area contributed by atoms with Crippen LogP contribution in [0, 0.1) is 0 Å². The monoisotopic (exact) mass is 417 g/mol. The highest BCUT2D eigenvalue weighted by molar-refractivity contribution is 6.34. The zero-order valence-corrected chi connectivity index (χ0v) is 16.3. The Morgan fingerprint density at radius 3 is 2.43 bits per heavy atom. The number of carbonyl (C=O) groups excluding carboxylic acids is 1. The quantitative estimate of drug-likeness (QED) is 0.489. The number of amides is 2. The van der Waals surface area contributed by atoms with Crippen molar-refractivity contribution < 1.29 is 10.0 Å². The number of rotatable bonds is 2. The number of piperazine rings is 1. The third-order valence-electron chi connectivity index (χ3n) is 4.82. The van der Waals surface area contributed by atoms with E-state index in [4.69, 9.17) is 28.4 Å². The molecule has 2 N–H and O–H groups in total. The molecule has 3 aromatic rings. The number of anilines is 1. The maximum absolute atomic E-state index is 11.6. The van der Waals surface area contributed by atoms with Gasteiger partial charge in [-0.25, -0.2) is 20.2 Å². The predicted molar refractivity (Wildman–Crippen MR) is 109 cm³/mol. The van der Waals surface area contributed by atoms with Gasteiger partial charge in [0.15, 0.2) is 0 Å². The SMILES string of the molecule is O=C(NO)N1CCN(c2ncnc3cc(Cl)c(-c4ccc(Cl)cc4)cc23)CC1. The van der Waals surface area contributed by atoms with E-state index in [1.54, 1.807) is 10.4 Å². The average molecular weight is 418 g/mol. The lowest BCUT2D eigenvalue weighted by atomic mass is 10.0. The molecule has 1 fully saturated rings. The molecular weight excluding hydrogens is 401 g/mol. The summed E-state index contributed by atoms with van der Waals surface area (Å²) in [7, 11) is 0. The number of hydrogen-bond acceptors (Lipinski definition) is 5. The van der Waals surface area contributed by atoms with Crippen LogP contribution in [0.25, 0.3) is 22.0 Å². The summed E-state index contributed by atoms with van der Waals surface area (Å²) in [4.78, 5) is 24.1. The lowest BCUT2D eigenvalue weighted by molar-refractivity contribution is 0.127. The predicted octanol–water partition coefficient (Wildman–Crippen LogP) is 3.82. The molecule has 0 saturated carbocycles. The largest absolute Gasteiger partial charge is 0.352 e. The van der Waals surface area contributed by atoms with Crippen molar-refractivity contribution in [2.45, 2.75) is 0 Å². The molecule has 1 aliphatic heterocycles. The second-order valence-electron chi connectivity index (χ2n) is 6.44. The Morgan fingerprint density at radius 2 is 1.75 bits per heavy atom. The molecule has 0 bridgehead atoms. The molecule has 144 valence electrons. The average Bonchev–Trinajstić information content (AvgIpc) is 2.73. The van der Waals surface area contributed by atoms with Gasteiger partial charge >= 0.3 is 6.03 Å². The van der Waals surface area contributed by atoms with Crippen LogP contribution in [0.4, 0.5) is 10.6 Å². The van der Waals surface area contributed by atoms with Gasteiger partial charge in [-0.05, 0) is 29.8 Å². The maximum atomic E-state index is 11.6. The van der Waals surface area contributed by atoms with Crippen LogP contribution in [0.5, 0.6) is 0 Å². The van der Waals surface area contributed by atoms with E-state index in [-0.39, 0.29) is 0 Å². The molecule has 2 heterocycles. The number of hydrogen-bond donors (Lipinski definition) is 2. The number of halogens is 2. The van der Waals surface area contributed by atoms with Gasteiger partial charge in [-0.2, -0.15) is 0 Å². The van der Waals surface area contributed by atoms with Gasteiger partial charge in [-0.3, -0.25) is 5.21 Å². The van der Waals surface area contributed by atoms with Crippen LogP contribution in [0.3, 0.4) is 0 Å². The van der Waals surface area contributed by atoms with Crippen molar-refractivity contribution in [1.29, 1.82) is 0 Å². The van der Waals surface area contributed by atoms with E-state index in [9.17, 15) is 4.79 Å². The topological polar surface area (TPSA) is 81.6 Å². The van der Waals surface area contributed by atoms with Crippen molar-refractivity contribution in [2.75, 3.05) is 31.1 Å². The minimum Gasteiger partial charge on any atom is -0.352 e. The van der Waals surface area contributed by atoms with Gasteiger partial charge in [0, 0.05) is 42.2 Å². The van der Waals surface area contributed by atoms with Crippen molar-refractivity contribution in [3.05, 3.63) is 52.8 Å². The molecule has 1 aromatic heterocycles. The number of hydroxylamine groups is 1. The molecule has 0 spiro atoms. The lowest BCUT2D eigenvalue weighted by Crippen LogP contribution is -2.51. The summed E-state index contributed by atoms with van der Waals surface area (Å²) in [6.45, 7) is 2.15. The van der Waals surface area contributed by atoms with Crippen LogP contribution in [0.15, 0.2) is 42.7 Å². The fraction of sp³-hybridized carbons (Fsp3) is 0.211. The summed E-state index contributed by atoms with van der Waals surface area (Å²) >= 11 is 12.5. The van der Waals surface area contributed by atoms with Gasteiger partial charge in [-0.15, -0.1) is 0 Å². The van der Waals surface area contributed by atoms with Crippen LogP contribution in [-0.4, -0.2) is 52.3 Å². The summed E-state index contributed by atoms with van der Waals surface area (Å²) in [6, 6.07) is 10.8. The minimum absolute atomic E-state index is 0.482. The Kier molecular flexibility index (Phi) is 5.21. The lowest BCUT2D eigenvalue weighted by Gasteiger charge is -2.35. The smallest absolute Gasteiger partial charge is 0.341 e. The number of fused-ring (bicyclic) bond motifs is 1. The fourth-order valence-electron chi connectivity index (χ4n) is 3.36. The molecule has 0 radical (unpaired) electrons. The van der Waals surface area contributed by atoms with Crippen LogP contribution in [0.1, 0.15) is 0 Å². The number of benzene rings is 2. The molecule has 4 rings (SSSR count). The summed E-state index contributed by atoms with van der Waals surface area (Å²) in [5.74, 6) is 0.793. The second kappa shape index (κ2) is 7.79. The van der Waals surface area contributed by atoms with Gasteiger partial charge in [0.2, 0.25) is 0 Å². The van der Waals surface area contributed by atoms with Crippen LogP contribution in [-0.2, 0) is 0 Å². The first-order valence-corrected chi connectivity index (χ1v) is 9.46. The van der Waals surface area contributed by atoms with Crippen molar-refractivity contribution in [1.82, 2.24) is 20.3 Å². The van der Waals surface area contributed by atoms with Crippen LogP contribution in [0.2, 0.25) is 10.0 Å². The van der Waals surface area contributed by atoms with Gasteiger partial charge in [0.05, 0.1) is 10.5 Å². The summed E-state index contributed by atoms with van der Waals surface area (Å²) in [6.07, 6.45) is 1.52. The van der Waals surface area contributed by atoms with Gasteiger partial charge in [-0.1, -0.05) is 35.3 Å². The molecule has 0 atom stereocenters. The first-order valence-electron chi connectivity index (χ1n) is 8.71. The Balaban J connectivity index is 1.71. The van der Waals surface area contributed by atoms with E-state index >= 15 is 0 Å². The first-order chi connectivity index (χ1) is 13.6. The van der Waals surface area contributed by atoms with Crippen LogP contribution >= 0.6 is 23.2 Å². The minimum atomic E-state index is -0.496. The Bertz CT molecular complexity index is 1020. The number of nitrogens with zero attached hydrogens (tertiary/aromatic N) is 4. The van der Waals surface area contributed by atoms with Gasteiger partial charge in [0.1, 0.15) is 12.1 Å². The normalized spacial score (nSPS) is 14.4. The zero-order chi connectivity index (χ0) is 19.7. The number of carbonyl (C=O) groups is 1. The van der Waals surface area contributed by atoms with Crippen molar-refractivity contribution in [3.8, 4) is 11.1 Å². The van der Waals surface area contributed by atoms with E-state index in [1.807, 2.05) is 36.4 Å². The maximum Gasteiger partial charge on any atom is 0.341 e. The molecule has 0 aliphatic carbocycles. The summed E-state index contributed by atoms with van der Waals surface area (Å²) < 4.78 is 0. The highest BCUT2D eigenvalue weighted by Gasteiger charge is 2.23. The van der Waals surface area contributed by atoms with Crippen LogP contribution < -0.4 is 10.4 Å². The van der Waals surface area contributed by atoms with Crippen molar-refractivity contribution in [3.63, 3.8) is 0 Å². The third-order valence-corrected chi connectivity index (χ3v) is 5.39. The third kappa shape index (κ3) is 3.56. The summed E-state index contributed by atoms with van der Waals surface area (Å²) in [5, 5.41) is 10.9. The molecule has 7 nitrogen and oxygen atoms in total. The Labute approximate surface area is 171 Å². The van der Waals surface area contributed by atoms with Crippen molar-refractivity contribution >= 4 is 46.0 Å². The number of aromatic nitrogens is 2. The molecule has 0 unspecified atom stereocenters. The van der Waals surface area contributed by atoms with E-state index in [2.05, 4.69) is 14.9 Å². The standard InChI is InChI=1S/C19H17Cl2N5O2/c20-13-3-1-12(2-4-13)14-9-15-17(10-16(14)21)22-11-23-18(15)25-5-7-26(8-6-25)19(27)24-28/h1-4,9-11,28H,5-8H2,(H,24,27). The van der Waals surface area contributed by atoms with E-state index < -0.39 is 6.03 Å². The Morgan fingerprint density at radius 1 is 1.04 bits per heavy atom. The highest BCUT2D eigenvalue weighted by atomic mass is 35.5. The van der Waals surface area contributed by atoms with Gasteiger partial charge < -0.3 is 9.80 Å². The molecular formula is C19H17Cl2N5O2. The Hall–Kier alpha value is -2.61. The molecule has 1 aliphatic rings. The van der Waals surface area contributed by atoms with Crippen molar-refractivity contribution in [2.24, 2.45) is 0 Å². The van der Waals surface area contributed by atoms with E-state index in [1.165, 1.54) is 6.33 Å². The molecule has 2 aromatic carbocycles. The molecule has 2 amide bonds. The molecule has 1 saturated heterocycles. The fourth-order valence-corrected chi connectivity index (χ4v) is 3.75. The molecule has 9 heteroatoms. The second-order valence-corrected chi connectivity index (χ2v) is 7.29. The van der Waals surface area contributed by atoms with E-state index in [0.29, 0.717) is 36.2 Å².